The van der Waals surface area contributed by atoms with Gasteiger partial charge in [-0.2, -0.15) is 0 Å². The Morgan fingerprint density at radius 2 is 1.72 bits per heavy atom. The van der Waals surface area contributed by atoms with E-state index in [2.05, 4.69) is 48.7 Å². The number of fused-ring (bicyclic) bond motifs is 2. The molecule has 5 amide bonds. The third-order valence-electron chi connectivity index (χ3n) is 12.4. The number of anilines is 1. The minimum atomic E-state index is -1.34. The number of nitrogens with zero attached hydrogens (tertiary/aromatic N) is 3. The number of carbonyl (C=O) groups excluding carboxylic acids is 5. The number of nitrogens with one attached hydrogen (secondary N) is 5. The number of para-hydroxylation sites is 1. The van der Waals surface area contributed by atoms with E-state index in [0.717, 1.165) is 65.2 Å². The second-order valence-corrected chi connectivity index (χ2v) is 16.4. The number of aromatic nitrogens is 2. The zero-order chi connectivity index (χ0) is 43.4. The minimum absolute atomic E-state index is 0.0891. The minimum Gasteiger partial charge on any atom is -0.382 e. The fourth-order valence-electron chi connectivity index (χ4n) is 9.23. The normalized spacial score (nSPS) is 18.9. The Hall–Kier alpha value is -5.84. The van der Waals surface area contributed by atoms with E-state index in [1.165, 1.54) is 0 Å². The Morgan fingerprint density at radius 3 is 2.48 bits per heavy atom. The second kappa shape index (κ2) is 18.8. The molecule has 3 aliphatic heterocycles. The molecule has 0 spiro atoms. The van der Waals surface area contributed by atoms with Crippen molar-refractivity contribution in [3.8, 4) is 0 Å². The number of imide groups is 1. The molecule has 3 atom stereocenters. The predicted octanol–water partition coefficient (Wildman–Crippen LogP) is 3.34. The summed E-state index contributed by atoms with van der Waals surface area (Å²) < 4.78 is 8.00. The molecule has 2 unspecified atom stereocenters. The lowest BCUT2D eigenvalue weighted by molar-refractivity contribution is -0.139. The van der Waals surface area contributed by atoms with Crippen LogP contribution in [-0.4, -0.2) is 106 Å². The third kappa shape index (κ3) is 9.26. The van der Waals surface area contributed by atoms with Crippen LogP contribution < -0.4 is 26.8 Å². The number of H-pyrrole nitrogens is 1. The van der Waals surface area contributed by atoms with Crippen molar-refractivity contribution in [1.29, 1.82) is 0 Å². The molecule has 16 nitrogen and oxygen atoms in total. The quantitative estimate of drug-likeness (QED) is 0.0717. The molecular weight excluding hydrogens is 781 g/mol. The maximum absolute atomic E-state index is 13.7. The maximum atomic E-state index is 13.7. The van der Waals surface area contributed by atoms with Crippen LogP contribution in [0.5, 0.6) is 0 Å². The Bertz CT molecular complexity index is 2380. The Kier molecular flexibility index (Phi) is 13.4. The van der Waals surface area contributed by atoms with E-state index in [4.69, 9.17) is 4.74 Å². The van der Waals surface area contributed by atoms with Crippen molar-refractivity contribution in [1.82, 2.24) is 35.3 Å². The van der Waals surface area contributed by atoms with Gasteiger partial charge < -0.3 is 40.2 Å². The summed E-state index contributed by atoms with van der Waals surface area (Å²) in [5.74, 6) is -1.36. The average Bonchev–Trinajstić information content (AvgIpc) is 3.67. The van der Waals surface area contributed by atoms with Gasteiger partial charge in [-0.25, -0.2) is 0 Å². The Balaban J connectivity index is 0.818. The molecule has 0 aliphatic carbocycles. The molecule has 5 heterocycles. The van der Waals surface area contributed by atoms with Crippen LogP contribution in [0, 0.1) is 26.7 Å². The van der Waals surface area contributed by atoms with E-state index in [1.807, 2.05) is 45.0 Å². The zero-order valence-corrected chi connectivity index (χ0v) is 35.3. The molecule has 7 rings (SSSR count). The highest BCUT2D eigenvalue weighted by molar-refractivity contribution is 6.09. The first kappa shape index (κ1) is 43.3. The average molecular weight is 837 g/mol. The first-order valence-corrected chi connectivity index (χ1v) is 21.2. The number of piperidine rings is 2. The van der Waals surface area contributed by atoms with Crippen molar-refractivity contribution in [3.05, 3.63) is 98.1 Å². The van der Waals surface area contributed by atoms with Crippen LogP contribution in [0.2, 0.25) is 0 Å². The number of aliphatic hydroxyl groups is 1. The van der Waals surface area contributed by atoms with E-state index in [1.54, 1.807) is 18.2 Å². The highest BCUT2D eigenvalue weighted by Gasteiger charge is 2.45. The summed E-state index contributed by atoms with van der Waals surface area (Å²) in [6.45, 7) is 12.1. The number of pyridine rings is 1. The summed E-state index contributed by atoms with van der Waals surface area (Å²) in [5.41, 5.74) is 5.76. The number of aromatic amines is 1. The largest absolute Gasteiger partial charge is 0.382 e. The molecule has 0 radical (unpaired) electrons. The van der Waals surface area contributed by atoms with E-state index in [-0.39, 0.29) is 62.4 Å². The molecule has 3 aliphatic rings. The lowest BCUT2D eigenvalue weighted by Crippen LogP contribution is -2.53. The number of carbonyl (C=O) groups is 5. The van der Waals surface area contributed by atoms with Crippen molar-refractivity contribution in [2.45, 2.75) is 84.7 Å². The molecule has 0 saturated carbocycles. The molecule has 16 heteroatoms. The first-order chi connectivity index (χ1) is 29.3. The summed E-state index contributed by atoms with van der Waals surface area (Å²) in [6, 6.07) is 14.2. The molecule has 6 N–H and O–H groups in total. The second-order valence-electron chi connectivity index (χ2n) is 16.4. The van der Waals surface area contributed by atoms with Gasteiger partial charge in [0.05, 0.1) is 18.8 Å². The number of aryl methyl sites for hydroxylation is 2. The van der Waals surface area contributed by atoms with Crippen LogP contribution in [0.25, 0.3) is 10.9 Å². The molecule has 324 valence electrons. The SMILES string of the molecule is Cc1cc(C)c(CNC(=O)c2c(C)n([C@@H](C)C3CCN(CCNC(=O)CCOCCNc4cccc5c4C(O)N(C4CCC(=O)NC4=O)C5=O)CC3)c3ccccc23)c(=O)[nH]1. The van der Waals surface area contributed by atoms with Crippen LogP contribution in [0.3, 0.4) is 0 Å². The smallest absolute Gasteiger partial charge is 0.257 e. The number of rotatable bonds is 16. The van der Waals surface area contributed by atoms with Gasteiger partial charge in [-0.15, -0.1) is 0 Å². The molecule has 4 aromatic rings. The summed E-state index contributed by atoms with van der Waals surface area (Å²) in [5, 5.41) is 23.4. The molecular formula is C45H56N8O8. The monoisotopic (exact) mass is 836 g/mol. The molecule has 2 saturated heterocycles. The van der Waals surface area contributed by atoms with Crippen LogP contribution >= 0.6 is 0 Å². The fraction of sp³-hybridized carbons (Fsp3) is 0.467. The number of benzene rings is 2. The lowest BCUT2D eigenvalue weighted by Gasteiger charge is -2.36. The summed E-state index contributed by atoms with van der Waals surface area (Å²) in [6.07, 6.45) is 1.08. The standard InChI is InChI=1S/C45H56N8O8/c1-26-24-27(2)49-41(56)33(26)25-48-43(58)39-29(4)52(35-11-6-5-8-31(35)39)28(3)30-14-19-51(20-15-30)21-17-47-37(54)16-22-61-23-18-46-34-10-7-9-32-40(34)45(60)53(44(32)59)36-12-13-38(55)50-42(36)57/h5-11,24,28,30,36,45-46,60H,12-23,25H2,1-4H3,(H,47,54)(H,48,58)(H,49,56)(H,50,55,57)/t28-,36?,45?/m0/s1. The number of hydrogen-bond donors (Lipinski definition) is 6. The lowest BCUT2D eigenvalue weighted by atomic mass is 9.90. The van der Waals surface area contributed by atoms with E-state index in [0.29, 0.717) is 46.9 Å². The topological polar surface area (TPSA) is 207 Å². The molecule has 2 aromatic heterocycles. The number of aliphatic hydroxyl groups excluding tert-OH is 1. The van der Waals surface area contributed by atoms with E-state index in [9.17, 15) is 33.9 Å². The number of amides is 5. The van der Waals surface area contributed by atoms with Gasteiger partial charge in [0.1, 0.15) is 6.04 Å². The molecule has 61 heavy (non-hydrogen) atoms. The van der Waals surface area contributed by atoms with Crippen LogP contribution in [-0.2, 0) is 25.7 Å². The van der Waals surface area contributed by atoms with Gasteiger partial charge in [-0.3, -0.25) is 39.0 Å². The molecule has 0 bridgehead atoms. The van der Waals surface area contributed by atoms with Crippen LogP contribution in [0.4, 0.5) is 5.69 Å². The van der Waals surface area contributed by atoms with Gasteiger partial charge in [0.25, 0.3) is 17.4 Å². The van der Waals surface area contributed by atoms with E-state index < -0.39 is 30.0 Å². The summed E-state index contributed by atoms with van der Waals surface area (Å²) >= 11 is 0. The summed E-state index contributed by atoms with van der Waals surface area (Å²) in [4.78, 5) is 82.4. The van der Waals surface area contributed by atoms with Crippen molar-refractivity contribution >= 4 is 46.1 Å². The van der Waals surface area contributed by atoms with Crippen LogP contribution in [0.15, 0.2) is 53.3 Å². The van der Waals surface area contributed by atoms with Crippen molar-refractivity contribution in [2.24, 2.45) is 5.92 Å². The first-order valence-electron chi connectivity index (χ1n) is 21.2. The highest BCUT2D eigenvalue weighted by atomic mass is 16.5. The number of hydrogen-bond acceptors (Lipinski definition) is 10. The van der Waals surface area contributed by atoms with Gasteiger partial charge in [0.2, 0.25) is 17.7 Å². The summed E-state index contributed by atoms with van der Waals surface area (Å²) in [7, 11) is 0. The van der Waals surface area contributed by atoms with Gasteiger partial charge in [-0.05, 0) is 95.8 Å². The fourth-order valence-corrected chi connectivity index (χ4v) is 9.23. The highest BCUT2D eigenvalue weighted by Crippen LogP contribution is 2.40. The van der Waals surface area contributed by atoms with Crippen molar-refractivity contribution in [3.63, 3.8) is 0 Å². The van der Waals surface area contributed by atoms with Crippen molar-refractivity contribution in [2.75, 3.05) is 51.3 Å². The third-order valence-corrected chi connectivity index (χ3v) is 12.4. The van der Waals surface area contributed by atoms with Gasteiger partial charge in [0.15, 0.2) is 6.23 Å². The Morgan fingerprint density at radius 1 is 0.951 bits per heavy atom. The van der Waals surface area contributed by atoms with Gasteiger partial charge in [-0.1, -0.05) is 24.3 Å². The Labute approximate surface area is 354 Å². The molecule has 2 aromatic carbocycles. The number of ether oxygens (including phenoxy) is 1. The van der Waals surface area contributed by atoms with Gasteiger partial charge in [0, 0.05) is 89.7 Å². The predicted molar refractivity (Wildman–Crippen MR) is 229 cm³/mol. The maximum Gasteiger partial charge on any atom is 0.257 e. The van der Waals surface area contributed by atoms with Crippen LogP contribution in [0.1, 0.15) is 100 Å². The van der Waals surface area contributed by atoms with Gasteiger partial charge >= 0.3 is 0 Å². The number of likely N-dealkylation sites (tertiary alicyclic amines) is 1. The molecule has 2 fully saturated rings. The van der Waals surface area contributed by atoms with E-state index >= 15 is 0 Å². The zero-order valence-electron chi connectivity index (χ0n) is 35.3. The van der Waals surface area contributed by atoms with Crippen molar-refractivity contribution < 1.29 is 33.8 Å².